The van der Waals surface area contributed by atoms with E-state index >= 15 is 0 Å². The van der Waals surface area contributed by atoms with Crippen LogP contribution in [-0.4, -0.2) is 36.5 Å². The van der Waals surface area contributed by atoms with E-state index in [2.05, 4.69) is 0 Å². The van der Waals surface area contributed by atoms with Gasteiger partial charge in [0.05, 0.1) is 13.2 Å². The van der Waals surface area contributed by atoms with Crippen molar-refractivity contribution in [2.75, 3.05) is 19.8 Å². The van der Waals surface area contributed by atoms with Gasteiger partial charge in [-0.2, -0.15) is 0 Å². The molecule has 1 saturated heterocycles. The van der Waals surface area contributed by atoms with Crippen molar-refractivity contribution in [2.24, 2.45) is 0 Å². The highest BCUT2D eigenvalue weighted by Gasteiger charge is 2.37. The monoisotopic (exact) mass is 202 g/mol. The Kier molecular flexibility index (Phi) is 4.35. The second-order valence-electron chi connectivity index (χ2n) is 3.62. The number of rotatable bonds is 2. The lowest BCUT2D eigenvalue weighted by atomic mass is 9.96. The molecule has 1 aliphatic rings. The van der Waals surface area contributed by atoms with Crippen LogP contribution in [0.3, 0.4) is 0 Å². The van der Waals surface area contributed by atoms with E-state index < -0.39 is 11.6 Å². The maximum atomic E-state index is 11.4. The second kappa shape index (κ2) is 5.32. The molecule has 0 bridgehead atoms. The van der Waals surface area contributed by atoms with E-state index in [1.807, 2.05) is 0 Å². The molecule has 0 radical (unpaired) electrons. The highest BCUT2D eigenvalue weighted by atomic mass is 16.6. The summed E-state index contributed by atoms with van der Waals surface area (Å²) in [5, 5.41) is 9.98. The van der Waals surface area contributed by atoms with Crippen LogP contribution in [0.15, 0.2) is 0 Å². The van der Waals surface area contributed by atoms with E-state index in [0.717, 1.165) is 19.3 Å². The normalized spacial score (nSPS) is 29.0. The standard InChI is InChI=1S/C10H18O4/c1-2-14-9(11)10(12)6-4-3-5-7-13-8-10/h12H,2-8H2,1H3. The number of carbonyl (C=O) groups is 1. The highest BCUT2D eigenvalue weighted by molar-refractivity contribution is 5.79. The maximum Gasteiger partial charge on any atom is 0.340 e. The van der Waals surface area contributed by atoms with Crippen LogP contribution in [0.1, 0.15) is 32.6 Å². The minimum Gasteiger partial charge on any atom is -0.464 e. The molecular formula is C10H18O4. The topological polar surface area (TPSA) is 55.8 Å². The first kappa shape index (κ1) is 11.5. The molecule has 1 aliphatic heterocycles. The van der Waals surface area contributed by atoms with Gasteiger partial charge in [-0.25, -0.2) is 4.79 Å². The van der Waals surface area contributed by atoms with Gasteiger partial charge in [0.25, 0.3) is 0 Å². The molecule has 1 fully saturated rings. The van der Waals surface area contributed by atoms with Crippen LogP contribution in [0.2, 0.25) is 0 Å². The molecular weight excluding hydrogens is 184 g/mol. The molecule has 4 nitrogen and oxygen atoms in total. The van der Waals surface area contributed by atoms with E-state index in [-0.39, 0.29) is 6.61 Å². The molecule has 1 unspecified atom stereocenters. The number of esters is 1. The van der Waals surface area contributed by atoms with E-state index in [0.29, 0.717) is 19.6 Å². The van der Waals surface area contributed by atoms with Gasteiger partial charge in [-0.05, 0) is 26.2 Å². The van der Waals surface area contributed by atoms with E-state index in [1.54, 1.807) is 6.92 Å². The predicted molar refractivity (Wildman–Crippen MR) is 50.9 cm³/mol. The number of aliphatic hydroxyl groups is 1. The van der Waals surface area contributed by atoms with Gasteiger partial charge in [-0.1, -0.05) is 6.42 Å². The zero-order valence-corrected chi connectivity index (χ0v) is 8.62. The van der Waals surface area contributed by atoms with Gasteiger partial charge in [0, 0.05) is 6.61 Å². The largest absolute Gasteiger partial charge is 0.464 e. The molecule has 1 N–H and O–H groups in total. The van der Waals surface area contributed by atoms with Gasteiger partial charge < -0.3 is 14.6 Å². The van der Waals surface area contributed by atoms with Gasteiger partial charge in [-0.3, -0.25) is 0 Å². The maximum absolute atomic E-state index is 11.4. The first-order valence-electron chi connectivity index (χ1n) is 5.16. The minimum absolute atomic E-state index is 0.0613. The van der Waals surface area contributed by atoms with E-state index in [4.69, 9.17) is 9.47 Å². The molecule has 14 heavy (non-hydrogen) atoms. The van der Waals surface area contributed by atoms with Crippen LogP contribution in [0.25, 0.3) is 0 Å². The van der Waals surface area contributed by atoms with Gasteiger partial charge >= 0.3 is 5.97 Å². The van der Waals surface area contributed by atoms with Crippen molar-refractivity contribution >= 4 is 5.97 Å². The Hall–Kier alpha value is -0.610. The average Bonchev–Trinajstić information content (AvgIpc) is 2.12. The minimum atomic E-state index is -1.42. The summed E-state index contributed by atoms with van der Waals surface area (Å²) in [6.45, 7) is 2.69. The summed E-state index contributed by atoms with van der Waals surface area (Å²) in [6.07, 6.45) is 3.27. The van der Waals surface area contributed by atoms with Crippen LogP contribution in [0.5, 0.6) is 0 Å². The fraction of sp³-hybridized carbons (Fsp3) is 0.900. The molecule has 4 heteroatoms. The third-order valence-electron chi connectivity index (χ3n) is 2.38. The summed E-state index contributed by atoms with van der Waals surface area (Å²) in [7, 11) is 0. The number of carbonyl (C=O) groups excluding carboxylic acids is 1. The number of ether oxygens (including phenoxy) is 2. The van der Waals surface area contributed by atoms with E-state index in [1.165, 1.54) is 0 Å². The third-order valence-corrected chi connectivity index (χ3v) is 2.38. The fourth-order valence-corrected chi connectivity index (χ4v) is 1.54. The van der Waals surface area contributed by atoms with E-state index in [9.17, 15) is 9.90 Å². The molecule has 0 aromatic heterocycles. The van der Waals surface area contributed by atoms with Crippen molar-refractivity contribution < 1.29 is 19.4 Å². The molecule has 0 aliphatic carbocycles. The zero-order chi connectivity index (χ0) is 10.4. The average molecular weight is 202 g/mol. The summed E-state index contributed by atoms with van der Waals surface area (Å²) >= 11 is 0. The first-order chi connectivity index (χ1) is 6.69. The number of hydrogen-bond donors (Lipinski definition) is 1. The smallest absolute Gasteiger partial charge is 0.340 e. The van der Waals surface area contributed by atoms with Crippen LogP contribution in [0, 0.1) is 0 Å². The van der Waals surface area contributed by atoms with Crippen LogP contribution >= 0.6 is 0 Å². The van der Waals surface area contributed by atoms with Gasteiger partial charge in [0.1, 0.15) is 0 Å². The predicted octanol–water partition coefficient (Wildman–Crippen LogP) is 0.871. The molecule has 0 aromatic carbocycles. The molecule has 0 aromatic rings. The second-order valence-corrected chi connectivity index (χ2v) is 3.62. The van der Waals surface area contributed by atoms with Crippen molar-refractivity contribution in [3.63, 3.8) is 0 Å². The Morgan fingerprint density at radius 3 is 3.00 bits per heavy atom. The van der Waals surface area contributed by atoms with Gasteiger partial charge in [-0.15, -0.1) is 0 Å². The fourth-order valence-electron chi connectivity index (χ4n) is 1.54. The first-order valence-corrected chi connectivity index (χ1v) is 5.16. The molecule has 0 amide bonds. The van der Waals surface area contributed by atoms with Crippen LogP contribution in [0.4, 0.5) is 0 Å². The van der Waals surface area contributed by atoms with Gasteiger partial charge in [0.15, 0.2) is 5.60 Å². The highest BCUT2D eigenvalue weighted by Crippen LogP contribution is 2.20. The van der Waals surface area contributed by atoms with Crippen molar-refractivity contribution in [1.82, 2.24) is 0 Å². The summed E-state index contributed by atoms with van der Waals surface area (Å²) in [4.78, 5) is 11.4. The molecule has 1 rings (SSSR count). The molecule has 1 atom stereocenters. The van der Waals surface area contributed by atoms with Crippen molar-refractivity contribution in [3.05, 3.63) is 0 Å². The lowest BCUT2D eigenvalue weighted by Crippen LogP contribution is -2.45. The third kappa shape index (κ3) is 2.96. The Labute approximate surface area is 84.2 Å². The van der Waals surface area contributed by atoms with Crippen molar-refractivity contribution in [1.29, 1.82) is 0 Å². The van der Waals surface area contributed by atoms with Crippen LogP contribution < -0.4 is 0 Å². The molecule has 82 valence electrons. The molecule has 0 saturated carbocycles. The lowest BCUT2D eigenvalue weighted by molar-refractivity contribution is -0.173. The van der Waals surface area contributed by atoms with Crippen molar-refractivity contribution in [3.8, 4) is 0 Å². The van der Waals surface area contributed by atoms with Crippen LogP contribution in [-0.2, 0) is 14.3 Å². The Balaban J connectivity index is 2.53. The Morgan fingerprint density at radius 1 is 1.50 bits per heavy atom. The summed E-state index contributed by atoms with van der Waals surface area (Å²) in [5.74, 6) is -0.554. The lowest BCUT2D eigenvalue weighted by Gasteiger charge is -2.27. The SMILES string of the molecule is CCOC(=O)C1(O)CCCCCOC1. The summed E-state index contributed by atoms with van der Waals surface area (Å²) in [5.41, 5.74) is -1.42. The quantitative estimate of drug-likeness (QED) is 0.675. The van der Waals surface area contributed by atoms with Gasteiger partial charge in [0.2, 0.25) is 0 Å². The summed E-state index contributed by atoms with van der Waals surface area (Å²) in [6, 6.07) is 0. The molecule has 0 spiro atoms. The Bertz CT molecular complexity index is 183. The van der Waals surface area contributed by atoms with Crippen molar-refractivity contribution in [2.45, 2.75) is 38.2 Å². The number of hydrogen-bond acceptors (Lipinski definition) is 4. The zero-order valence-electron chi connectivity index (χ0n) is 8.62. The molecule has 1 heterocycles. The Morgan fingerprint density at radius 2 is 2.29 bits per heavy atom. The summed E-state index contributed by atoms with van der Waals surface area (Å²) < 4.78 is 10.0.